The van der Waals surface area contributed by atoms with Crippen LogP contribution in [0.2, 0.25) is 0 Å². The number of pyridine rings is 1. The minimum Gasteiger partial charge on any atom is -0.383 e. The summed E-state index contributed by atoms with van der Waals surface area (Å²) in [5, 5.41) is 0.766. The Balaban J connectivity index is 2.25. The highest BCUT2D eigenvalue weighted by Crippen LogP contribution is 2.21. The quantitative estimate of drug-likeness (QED) is 0.637. The third-order valence-corrected chi connectivity index (χ3v) is 2.67. The van der Waals surface area contributed by atoms with Crippen LogP contribution >= 0.6 is 0 Å². The van der Waals surface area contributed by atoms with E-state index < -0.39 is 0 Å². The minimum atomic E-state index is 0.422. The van der Waals surface area contributed by atoms with Crippen molar-refractivity contribution in [2.75, 3.05) is 5.73 Å². The number of hydrogen-bond donors (Lipinski definition) is 1. The zero-order valence-corrected chi connectivity index (χ0v) is 9.54. The van der Waals surface area contributed by atoms with E-state index in [1.165, 1.54) is 0 Å². The summed E-state index contributed by atoms with van der Waals surface area (Å²) in [7, 11) is 5.72. The van der Waals surface area contributed by atoms with E-state index in [1.54, 1.807) is 24.5 Å². The van der Waals surface area contributed by atoms with E-state index in [4.69, 9.17) is 13.6 Å². The first kappa shape index (κ1) is 10.7. The number of fused-ring (bicyclic) bond motifs is 1. The van der Waals surface area contributed by atoms with Crippen LogP contribution in [0.5, 0.6) is 0 Å². The zero-order chi connectivity index (χ0) is 12.5. The number of nitrogens with two attached hydrogens (primary N) is 1. The predicted molar refractivity (Wildman–Crippen MR) is 72.6 cm³/mol. The Bertz CT molecular complexity index is 713. The Morgan fingerprint density at radius 2 is 2.00 bits per heavy atom. The van der Waals surface area contributed by atoms with Gasteiger partial charge in [-0.25, -0.2) is 9.97 Å². The van der Waals surface area contributed by atoms with Gasteiger partial charge >= 0.3 is 0 Å². The topological polar surface area (TPSA) is 64.7 Å². The first-order valence-electron chi connectivity index (χ1n) is 5.47. The number of nitrogen functional groups attached to an aromatic ring is 1. The molecule has 2 aromatic heterocycles. The van der Waals surface area contributed by atoms with Crippen LogP contribution in [-0.4, -0.2) is 22.8 Å². The van der Waals surface area contributed by atoms with E-state index in [9.17, 15) is 0 Å². The maximum Gasteiger partial charge on any atom is 0.163 e. The van der Waals surface area contributed by atoms with Gasteiger partial charge in [-0.2, -0.15) is 0 Å². The van der Waals surface area contributed by atoms with Gasteiger partial charge in [-0.05, 0) is 18.2 Å². The van der Waals surface area contributed by atoms with E-state index in [0.29, 0.717) is 17.1 Å². The molecule has 0 saturated carbocycles. The van der Waals surface area contributed by atoms with Crippen molar-refractivity contribution in [3.8, 4) is 11.4 Å². The van der Waals surface area contributed by atoms with E-state index in [0.717, 1.165) is 16.5 Å². The molecule has 0 spiro atoms. The fraction of sp³-hybridized carbons (Fsp3) is 0. The molecule has 5 heteroatoms. The molecule has 18 heavy (non-hydrogen) atoms. The average molecular weight is 232 g/mol. The molecule has 0 atom stereocenters. The van der Waals surface area contributed by atoms with E-state index in [-0.39, 0.29) is 0 Å². The molecule has 3 aromatic rings. The van der Waals surface area contributed by atoms with Crippen LogP contribution in [0, 0.1) is 0 Å². The summed E-state index contributed by atoms with van der Waals surface area (Å²) in [5.74, 6) is 0.990. The highest BCUT2D eigenvalue weighted by molar-refractivity contribution is 6.33. The summed E-state index contributed by atoms with van der Waals surface area (Å²) in [5.41, 5.74) is 8.19. The Kier molecular flexibility index (Phi) is 2.44. The average Bonchev–Trinajstić information content (AvgIpc) is 2.40. The number of nitrogens with zero attached hydrogens (tertiary/aromatic N) is 3. The number of hydrogen-bond acceptors (Lipinski definition) is 4. The summed E-state index contributed by atoms with van der Waals surface area (Å²) in [4.78, 5) is 12.8. The molecule has 0 amide bonds. The molecule has 0 saturated heterocycles. The molecule has 0 fully saturated rings. The van der Waals surface area contributed by atoms with Crippen molar-refractivity contribution in [1.29, 1.82) is 0 Å². The largest absolute Gasteiger partial charge is 0.383 e. The van der Waals surface area contributed by atoms with Gasteiger partial charge in [0.05, 0.1) is 5.52 Å². The number of rotatable bonds is 1. The van der Waals surface area contributed by atoms with Crippen LogP contribution in [0.15, 0.2) is 42.7 Å². The maximum absolute atomic E-state index is 5.94. The fourth-order valence-electron chi connectivity index (χ4n) is 1.79. The molecule has 0 aliphatic rings. The van der Waals surface area contributed by atoms with Crippen LogP contribution in [-0.2, 0) is 0 Å². The van der Waals surface area contributed by atoms with E-state index in [1.807, 2.05) is 18.2 Å². The van der Waals surface area contributed by atoms with Crippen LogP contribution in [0.1, 0.15) is 0 Å². The van der Waals surface area contributed by atoms with Gasteiger partial charge in [-0.1, -0.05) is 17.6 Å². The molecule has 2 N–H and O–H groups in total. The SMILES string of the molecule is [B]c1ccc2nc(-c3cccnc3)nc(N)c2c1. The standard InChI is InChI=1S/C13H9BN4/c14-9-3-4-11-10(6-9)12(15)18-13(17-11)8-2-1-5-16-7-8/h1-7H,(H2,15,17,18). The van der Waals surface area contributed by atoms with E-state index >= 15 is 0 Å². The zero-order valence-electron chi connectivity index (χ0n) is 9.54. The third-order valence-electron chi connectivity index (χ3n) is 2.67. The second-order valence-corrected chi connectivity index (χ2v) is 3.95. The highest BCUT2D eigenvalue weighted by atomic mass is 14.9. The molecular weight excluding hydrogens is 223 g/mol. The van der Waals surface area contributed by atoms with E-state index in [2.05, 4.69) is 15.0 Å². The number of anilines is 1. The minimum absolute atomic E-state index is 0.422. The van der Waals surface area contributed by atoms with Gasteiger partial charge in [0, 0.05) is 23.3 Å². The molecule has 3 rings (SSSR count). The van der Waals surface area contributed by atoms with Crippen LogP contribution < -0.4 is 11.2 Å². The molecule has 0 aliphatic heterocycles. The molecule has 4 nitrogen and oxygen atoms in total. The van der Waals surface area contributed by atoms with Crippen molar-refractivity contribution in [3.63, 3.8) is 0 Å². The summed E-state index contributed by atoms with van der Waals surface area (Å²) in [6, 6.07) is 9.13. The lowest BCUT2D eigenvalue weighted by atomic mass is 9.95. The molecule has 84 valence electrons. The third kappa shape index (κ3) is 1.80. The summed E-state index contributed by atoms with van der Waals surface area (Å²) in [6.45, 7) is 0. The molecule has 0 bridgehead atoms. The molecule has 2 radical (unpaired) electrons. The highest BCUT2D eigenvalue weighted by Gasteiger charge is 2.07. The van der Waals surface area contributed by atoms with Gasteiger partial charge in [-0.15, -0.1) is 0 Å². The van der Waals surface area contributed by atoms with Gasteiger partial charge in [0.25, 0.3) is 0 Å². The summed E-state index contributed by atoms with van der Waals surface area (Å²) < 4.78 is 0. The molecule has 0 unspecified atom stereocenters. The molecule has 0 aliphatic carbocycles. The number of benzene rings is 1. The van der Waals surface area contributed by atoms with Gasteiger partial charge in [0.1, 0.15) is 13.7 Å². The first-order valence-corrected chi connectivity index (χ1v) is 5.47. The lowest BCUT2D eigenvalue weighted by Gasteiger charge is -2.06. The van der Waals surface area contributed by atoms with Crippen molar-refractivity contribution in [2.24, 2.45) is 0 Å². The maximum atomic E-state index is 5.94. The normalized spacial score (nSPS) is 10.7. The molecule has 1 aromatic carbocycles. The van der Waals surface area contributed by atoms with Gasteiger partial charge in [-0.3, -0.25) is 4.98 Å². The van der Waals surface area contributed by atoms with Crippen LogP contribution in [0.25, 0.3) is 22.3 Å². The summed E-state index contributed by atoms with van der Waals surface area (Å²) >= 11 is 0. The first-order chi connectivity index (χ1) is 8.74. The Labute approximate surface area is 105 Å². The predicted octanol–water partition coefficient (Wildman–Crippen LogP) is 1.07. The van der Waals surface area contributed by atoms with Crippen molar-refractivity contribution >= 4 is 30.0 Å². The van der Waals surface area contributed by atoms with Crippen molar-refractivity contribution in [1.82, 2.24) is 15.0 Å². The summed E-state index contributed by atoms with van der Waals surface area (Å²) in [6.07, 6.45) is 3.41. The second kappa shape index (κ2) is 4.11. The van der Waals surface area contributed by atoms with Gasteiger partial charge < -0.3 is 5.73 Å². The van der Waals surface area contributed by atoms with Crippen LogP contribution in [0.4, 0.5) is 5.82 Å². The van der Waals surface area contributed by atoms with Crippen molar-refractivity contribution in [3.05, 3.63) is 42.7 Å². The monoisotopic (exact) mass is 232 g/mol. The fourth-order valence-corrected chi connectivity index (χ4v) is 1.79. The second-order valence-electron chi connectivity index (χ2n) is 3.95. The Morgan fingerprint density at radius 3 is 2.78 bits per heavy atom. The van der Waals surface area contributed by atoms with Gasteiger partial charge in [0.2, 0.25) is 0 Å². The lowest BCUT2D eigenvalue weighted by molar-refractivity contribution is 1.21. The van der Waals surface area contributed by atoms with Crippen LogP contribution in [0.3, 0.4) is 0 Å². The smallest absolute Gasteiger partial charge is 0.163 e. The van der Waals surface area contributed by atoms with Gasteiger partial charge in [0.15, 0.2) is 5.82 Å². The Hall–Kier alpha value is -2.43. The number of aromatic nitrogens is 3. The molecular formula is C13H9BN4. The Morgan fingerprint density at radius 1 is 1.11 bits per heavy atom. The molecule has 2 heterocycles. The van der Waals surface area contributed by atoms with Crippen molar-refractivity contribution < 1.29 is 0 Å². The van der Waals surface area contributed by atoms with Crippen molar-refractivity contribution in [2.45, 2.75) is 0 Å². The lowest BCUT2D eigenvalue weighted by Crippen LogP contribution is -2.04.